The minimum absolute atomic E-state index is 0.224. The third-order valence-corrected chi connectivity index (χ3v) is 3.50. The molecule has 2 aromatic rings. The summed E-state index contributed by atoms with van der Waals surface area (Å²) >= 11 is 0. The Hall–Kier alpha value is -1.66. The molecule has 110 valence electrons. The van der Waals surface area contributed by atoms with Crippen LogP contribution in [0.1, 0.15) is 25.5 Å². The molecule has 0 spiro atoms. The van der Waals surface area contributed by atoms with Gasteiger partial charge in [-0.05, 0) is 32.4 Å². The molecule has 2 aromatic heterocycles. The van der Waals surface area contributed by atoms with Crippen molar-refractivity contribution < 1.29 is 5.11 Å². The van der Waals surface area contributed by atoms with Gasteiger partial charge in [0.25, 0.3) is 0 Å². The van der Waals surface area contributed by atoms with Crippen LogP contribution >= 0.6 is 0 Å². The van der Waals surface area contributed by atoms with Crippen LogP contribution in [0.25, 0.3) is 0 Å². The number of aliphatic hydroxyl groups is 1. The van der Waals surface area contributed by atoms with Gasteiger partial charge in [-0.1, -0.05) is 0 Å². The lowest BCUT2D eigenvalue weighted by molar-refractivity contribution is 0.140. The predicted molar refractivity (Wildman–Crippen MR) is 77.4 cm³/mol. The maximum atomic E-state index is 9.98. The molecule has 6 nitrogen and oxygen atoms in total. The van der Waals surface area contributed by atoms with Gasteiger partial charge in [0, 0.05) is 31.2 Å². The maximum absolute atomic E-state index is 9.98. The van der Waals surface area contributed by atoms with E-state index in [0.717, 1.165) is 5.56 Å². The summed E-state index contributed by atoms with van der Waals surface area (Å²) in [5.74, 6) is 0. The van der Waals surface area contributed by atoms with E-state index in [0.29, 0.717) is 13.1 Å². The molecule has 2 N–H and O–H groups in total. The molecule has 0 aliphatic carbocycles. The van der Waals surface area contributed by atoms with Gasteiger partial charge < -0.3 is 10.4 Å². The monoisotopic (exact) mass is 277 g/mol. The van der Waals surface area contributed by atoms with Crippen molar-refractivity contribution in [3.05, 3.63) is 36.4 Å². The Balaban J connectivity index is 1.78. The SMILES string of the molecule is Cc1cnn([C@H](C)[C@@H](C)NC[C@@H](O)Cn2cccn2)c1. The van der Waals surface area contributed by atoms with E-state index in [-0.39, 0.29) is 12.1 Å². The molecule has 0 aliphatic heterocycles. The van der Waals surface area contributed by atoms with Crippen LogP contribution < -0.4 is 5.32 Å². The summed E-state index contributed by atoms with van der Waals surface area (Å²) < 4.78 is 3.68. The molecule has 0 aromatic carbocycles. The minimum atomic E-state index is -0.455. The summed E-state index contributed by atoms with van der Waals surface area (Å²) in [4.78, 5) is 0. The Morgan fingerprint density at radius 1 is 1.35 bits per heavy atom. The summed E-state index contributed by atoms with van der Waals surface area (Å²) in [5, 5.41) is 21.7. The van der Waals surface area contributed by atoms with Gasteiger partial charge in [-0.15, -0.1) is 0 Å². The first-order valence-electron chi connectivity index (χ1n) is 6.96. The summed E-state index contributed by atoms with van der Waals surface area (Å²) in [6, 6.07) is 2.31. The molecule has 0 bridgehead atoms. The largest absolute Gasteiger partial charge is 0.390 e. The van der Waals surface area contributed by atoms with E-state index in [2.05, 4.69) is 29.4 Å². The fourth-order valence-electron chi connectivity index (χ4n) is 2.07. The Kier molecular flexibility index (Phi) is 4.92. The first-order chi connectivity index (χ1) is 9.56. The standard InChI is InChI=1S/C14H23N5O/c1-11-7-17-19(9-11)13(3)12(2)15-8-14(20)10-18-6-4-5-16-18/h4-7,9,12-15,20H,8,10H2,1-3H3/t12-,13-,14-/m1/s1. The van der Waals surface area contributed by atoms with E-state index in [4.69, 9.17) is 0 Å². The molecule has 0 unspecified atom stereocenters. The fourth-order valence-corrected chi connectivity index (χ4v) is 2.07. The van der Waals surface area contributed by atoms with Crippen molar-refractivity contribution in [3.63, 3.8) is 0 Å². The summed E-state index contributed by atoms with van der Waals surface area (Å²) in [7, 11) is 0. The molecule has 0 amide bonds. The van der Waals surface area contributed by atoms with E-state index in [9.17, 15) is 5.11 Å². The number of aliphatic hydroxyl groups excluding tert-OH is 1. The maximum Gasteiger partial charge on any atom is 0.0860 e. The van der Waals surface area contributed by atoms with Crippen molar-refractivity contribution in [2.75, 3.05) is 6.54 Å². The molecule has 0 saturated heterocycles. The molecule has 0 aliphatic rings. The van der Waals surface area contributed by atoms with Crippen LogP contribution in [0.4, 0.5) is 0 Å². The average molecular weight is 277 g/mol. The number of aryl methyl sites for hydroxylation is 1. The highest BCUT2D eigenvalue weighted by Gasteiger charge is 2.15. The average Bonchev–Trinajstić information content (AvgIpc) is 3.06. The lowest BCUT2D eigenvalue weighted by Gasteiger charge is -2.23. The van der Waals surface area contributed by atoms with Gasteiger partial charge in [-0.2, -0.15) is 10.2 Å². The second-order valence-electron chi connectivity index (χ2n) is 5.32. The van der Waals surface area contributed by atoms with Gasteiger partial charge in [0.05, 0.1) is 24.9 Å². The van der Waals surface area contributed by atoms with Crippen molar-refractivity contribution in [1.29, 1.82) is 0 Å². The van der Waals surface area contributed by atoms with Crippen molar-refractivity contribution in [3.8, 4) is 0 Å². The lowest BCUT2D eigenvalue weighted by Crippen LogP contribution is -2.40. The van der Waals surface area contributed by atoms with Crippen molar-refractivity contribution in [2.24, 2.45) is 0 Å². The first-order valence-corrected chi connectivity index (χ1v) is 6.96. The van der Waals surface area contributed by atoms with Gasteiger partial charge in [-0.3, -0.25) is 9.36 Å². The lowest BCUT2D eigenvalue weighted by atomic mass is 10.1. The van der Waals surface area contributed by atoms with E-state index < -0.39 is 6.10 Å². The quantitative estimate of drug-likeness (QED) is 0.792. The minimum Gasteiger partial charge on any atom is -0.390 e. The second kappa shape index (κ2) is 6.67. The zero-order chi connectivity index (χ0) is 14.5. The number of hydrogen-bond donors (Lipinski definition) is 2. The topological polar surface area (TPSA) is 67.9 Å². The Labute approximate surface area is 119 Å². The zero-order valence-corrected chi connectivity index (χ0v) is 12.3. The fraction of sp³-hybridized carbons (Fsp3) is 0.571. The molecular weight excluding hydrogens is 254 g/mol. The third kappa shape index (κ3) is 3.91. The van der Waals surface area contributed by atoms with Gasteiger partial charge in [-0.25, -0.2) is 0 Å². The van der Waals surface area contributed by atoms with Crippen LogP contribution in [0.15, 0.2) is 30.9 Å². The molecule has 2 heterocycles. The molecule has 0 fully saturated rings. The normalized spacial score (nSPS) is 16.0. The van der Waals surface area contributed by atoms with Crippen LogP contribution in [0.2, 0.25) is 0 Å². The molecule has 3 atom stereocenters. The first kappa shape index (κ1) is 14.7. The molecule has 20 heavy (non-hydrogen) atoms. The molecule has 2 rings (SSSR count). The van der Waals surface area contributed by atoms with Crippen molar-refractivity contribution >= 4 is 0 Å². The molecule has 6 heteroatoms. The van der Waals surface area contributed by atoms with Crippen LogP contribution in [0, 0.1) is 6.92 Å². The molecule has 0 radical (unpaired) electrons. The highest BCUT2D eigenvalue weighted by molar-refractivity contribution is 5.00. The van der Waals surface area contributed by atoms with Crippen molar-refractivity contribution in [2.45, 2.75) is 45.5 Å². The van der Waals surface area contributed by atoms with Crippen LogP contribution in [-0.4, -0.2) is 43.4 Å². The number of rotatable bonds is 7. The van der Waals surface area contributed by atoms with Crippen LogP contribution in [-0.2, 0) is 6.54 Å². The summed E-state index contributed by atoms with van der Waals surface area (Å²) in [5.41, 5.74) is 1.16. The second-order valence-corrected chi connectivity index (χ2v) is 5.32. The number of hydrogen-bond acceptors (Lipinski definition) is 4. The summed E-state index contributed by atoms with van der Waals surface area (Å²) in [6.45, 7) is 7.28. The van der Waals surface area contributed by atoms with E-state index in [1.54, 1.807) is 10.9 Å². The Morgan fingerprint density at radius 2 is 2.15 bits per heavy atom. The molecular formula is C14H23N5O. The van der Waals surface area contributed by atoms with Crippen LogP contribution in [0.5, 0.6) is 0 Å². The Morgan fingerprint density at radius 3 is 2.75 bits per heavy atom. The van der Waals surface area contributed by atoms with Gasteiger partial charge in [0.15, 0.2) is 0 Å². The van der Waals surface area contributed by atoms with Gasteiger partial charge in [0.2, 0.25) is 0 Å². The third-order valence-electron chi connectivity index (χ3n) is 3.50. The Bertz CT molecular complexity index is 507. The van der Waals surface area contributed by atoms with Crippen LogP contribution in [0.3, 0.4) is 0 Å². The van der Waals surface area contributed by atoms with Gasteiger partial charge in [0.1, 0.15) is 0 Å². The number of aromatic nitrogens is 4. The van der Waals surface area contributed by atoms with E-state index >= 15 is 0 Å². The van der Waals surface area contributed by atoms with E-state index in [1.165, 1.54) is 0 Å². The predicted octanol–water partition coefficient (Wildman–Crippen LogP) is 0.988. The van der Waals surface area contributed by atoms with Crippen molar-refractivity contribution in [1.82, 2.24) is 24.9 Å². The van der Waals surface area contributed by atoms with Gasteiger partial charge >= 0.3 is 0 Å². The van der Waals surface area contributed by atoms with E-state index in [1.807, 2.05) is 36.3 Å². The zero-order valence-electron chi connectivity index (χ0n) is 12.3. The summed E-state index contributed by atoms with van der Waals surface area (Å²) in [6.07, 6.45) is 7.00. The highest BCUT2D eigenvalue weighted by atomic mass is 16.3. The smallest absolute Gasteiger partial charge is 0.0860 e. The number of nitrogens with zero attached hydrogens (tertiary/aromatic N) is 4. The highest BCUT2D eigenvalue weighted by Crippen LogP contribution is 2.10. The molecule has 0 saturated carbocycles. The number of nitrogens with one attached hydrogen (secondary N) is 1.